The zero-order valence-electron chi connectivity index (χ0n) is 12.9. The highest BCUT2D eigenvalue weighted by Crippen LogP contribution is 2.23. The number of aliphatic imine (C=N–C) groups is 2. The molecule has 0 heterocycles. The van der Waals surface area contributed by atoms with Gasteiger partial charge in [0.05, 0.1) is 12.3 Å². The number of nitrogens with zero attached hydrogens (tertiary/aromatic N) is 2. The van der Waals surface area contributed by atoms with E-state index in [0.29, 0.717) is 18.0 Å². The number of hydrogen-bond donors (Lipinski definition) is 3. The molecule has 0 spiro atoms. The molecule has 8 heteroatoms. The van der Waals surface area contributed by atoms with Crippen LogP contribution in [0.4, 0.5) is 5.69 Å². The summed E-state index contributed by atoms with van der Waals surface area (Å²) in [4.78, 5) is 19.4. The summed E-state index contributed by atoms with van der Waals surface area (Å²) < 4.78 is 10.6. The van der Waals surface area contributed by atoms with Gasteiger partial charge in [0.25, 0.3) is 0 Å². The zero-order chi connectivity index (χ0) is 16.8. The SMILES string of the molecule is CCOC(=O)C(C)(C)Oc1ccc(N=C(N)N=C(N)N)cc1. The van der Waals surface area contributed by atoms with E-state index < -0.39 is 11.6 Å². The first-order valence-electron chi connectivity index (χ1n) is 6.64. The molecule has 0 bridgehead atoms. The van der Waals surface area contributed by atoms with E-state index in [2.05, 4.69) is 9.98 Å². The maximum Gasteiger partial charge on any atom is 0.349 e. The highest BCUT2D eigenvalue weighted by atomic mass is 16.6. The van der Waals surface area contributed by atoms with Crippen LogP contribution in [0.5, 0.6) is 5.75 Å². The highest BCUT2D eigenvalue weighted by Gasteiger charge is 2.31. The van der Waals surface area contributed by atoms with Gasteiger partial charge in [0.15, 0.2) is 11.6 Å². The van der Waals surface area contributed by atoms with Gasteiger partial charge in [-0.3, -0.25) is 0 Å². The number of nitrogens with two attached hydrogens (primary N) is 3. The Bertz CT molecular complexity index is 575. The van der Waals surface area contributed by atoms with Crippen LogP contribution in [-0.2, 0) is 9.53 Å². The molecule has 0 atom stereocenters. The fourth-order valence-electron chi connectivity index (χ4n) is 1.52. The molecule has 1 aromatic rings. The van der Waals surface area contributed by atoms with Crippen LogP contribution in [0.25, 0.3) is 0 Å². The molecule has 0 radical (unpaired) electrons. The van der Waals surface area contributed by atoms with Crippen LogP contribution >= 0.6 is 0 Å². The van der Waals surface area contributed by atoms with Gasteiger partial charge in [0.1, 0.15) is 5.75 Å². The topological polar surface area (TPSA) is 138 Å². The molecule has 1 rings (SSSR count). The van der Waals surface area contributed by atoms with E-state index in [-0.39, 0.29) is 11.9 Å². The third-order valence-electron chi connectivity index (χ3n) is 2.46. The summed E-state index contributed by atoms with van der Waals surface area (Å²) >= 11 is 0. The van der Waals surface area contributed by atoms with Crippen molar-refractivity contribution in [3.8, 4) is 5.75 Å². The molecule has 0 saturated heterocycles. The first-order valence-corrected chi connectivity index (χ1v) is 6.64. The van der Waals surface area contributed by atoms with Gasteiger partial charge in [-0.05, 0) is 45.0 Å². The van der Waals surface area contributed by atoms with Crippen LogP contribution in [0.15, 0.2) is 34.3 Å². The zero-order valence-corrected chi connectivity index (χ0v) is 12.9. The van der Waals surface area contributed by atoms with Crippen molar-refractivity contribution in [2.75, 3.05) is 6.61 Å². The van der Waals surface area contributed by atoms with E-state index in [1.807, 2.05) is 0 Å². The first kappa shape index (κ1) is 17.3. The molecule has 6 N–H and O–H groups in total. The van der Waals surface area contributed by atoms with Crippen molar-refractivity contribution in [2.45, 2.75) is 26.4 Å². The lowest BCUT2D eigenvalue weighted by molar-refractivity contribution is -0.158. The van der Waals surface area contributed by atoms with Crippen molar-refractivity contribution in [3.05, 3.63) is 24.3 Å². The molecule has 0 aliphatic carbocycles. The Kier molecular flexibility index (Phi) is 5.73. The Balaban J connectivity index is 2.81. The number of carbonyl (C=O) groups is 1. The van der Waals surface area contributed by atoms with Crippen LogP contribution in [-0.4, -0.2) is 30.1 Å². The maximum absolute atomic E-state index is 11.8. The summed E-state index contributed by atoms with van der Waals surface area (Å²) in [5, 5.41) is 0. The summed E-state index contributed by atoms with van der Waals surface area (Å²) in [5.41, 5.74) is 15.4. The second-order valence-electron chi connectivity index (χ2n) is 4.83. The van der Waals surface area contributed by atoms with E-state index in [1.54, 1.807) is 45.0 Å². The fourth-order valence-corrected chi connectivity index (χ4v) is 1.52. The smallest absolute Gasteiger partial charge is 0.349 e. The lowest BCUT2D eigenvalue weighted by Crippen LogP contribution is -2.39. The molecule has 1 aromatic carbocycles. The van der Waals surface area contributed by atoms with Crippen LogP contribution in [0, 0.1) is 0 Å². The van der Waals surface area contributed by atoms with Crippen molar-refractivity contribution in [2.24, 2.45) is 27.2 Å². The number of guanidine groups is 2. The number of ether oxygens (including phenoxy) is 2. The second-order valence-corrected chi connectivity index (χ2v) is 4.83. The predicted octanol–water partition coefficient (Wildman–Crippen LogP) is 0.627. The summed E-state index contributed by atoms with van der Waals surface area (Å²) in [6.07, 6.45) is 0. The van der Waals surface area contributed by atoms with Crippen LogP contribution < -0.4 is 21.9 Å². The molecule has 0 aliphatic heterocycles. The fraction of sp³-hybridized carbons (Fsp3) is 0.357. The van der Waals surface area contributed by atoms with Crippen molar-refractivity contribution >= 4 is 23.6 Å². The number of rotatable bonds is 5. The van der Waals surface area contributed by atoms with Gasteiger partial charge in [-0.2, -0.15) is 4.99 Å². The Morgan fingerprint density at radius 2 is 1.77 bits per heavy atom. The molecule has 0 aliphatic rings. The third-order valence-corrected chi connectivity index (χ3v) is 2.46. The second kappa shape index (κ2) is 7.30. The third kappa shape index (κ3) is 5.31. The van der Waals surface area contributed by atoms with Crippen LogP contribution in [0.1, 0.15) is 20.8 Å². The quantitative estimate of drug-likeness (QED) is 0.414. The van der Waals surface area contributed by atoms with Gasteiger partial charge in [-0.1, -0.05) is 0 Å². The summed E-state index contributed by atoms with van der Waals surface area (Å²) in [6, 6.07) is 6.63. The highest BCUT2D eigenvalue weighted by molar-refractivity contribution is 5.93. The first-order chi connectivity index (χ1) is 10.2. The average molecular weight is 307 g/mol. The molecule has 0 unspecified atom stereocenters. The Hall–Kier alpha value is -2.77. The van der Waals surface area contributed by atoms with Crippen LogP contribution in [0.2, 0.25) is 0 Å². The number of esters is 1. The van der Waals surface area contributed by atoms with Gasteiger partial charge in [0, 0.05) is 0 Å². The van der Waals surface area contributed by atoms with E-state index in [1.165, 1.54) is 0 Å². The molecule has 0 aromatic heterocycles. The standard InChI is InChI=1S/C14H21N5O3/c1-4-21-11(20)14(2,3)22-10-7-5-9(6-8-10)18-13(17)19-12(15)16/h5-8H,4H2,1-3H3,(H6,15,16,17,18,19). The number of hydrogen-bond acceptors (Lipinski definition) is 4. The molecular weight excluding hydrogens is 286 g/mol. The van der Waals surface area contributed by atoms with Crippen molar-refractivity contribution < 1.29 is 14.3 Å². The van der Waals surface area contributed by atoms with Gasteiger partial charge in [-0.25, -0.2) is 9.79 Å². The van der Waals surface area contributed by atoms with E-state index in [9.17, 15) is 4.79 Å². The van der Waals surface area contributed by atoms with Crippen molar-refractivity contribution in [1.29, 1.82) is 0 Å². The largest absolute Gasteiger partial charge is 0.476 e. The monoisotopic (exact) mass is 307 g/mol. The van der Waals surface area contributed by atoms with Gasteiger partial charge < -0.3 is 26.7 Å². The normalized spacial score (nSPS) is 11.7. The maximum atomic E-state index is 11.8. The molecule has 0 fully saturated rings. The Morgan fingerprint density at radius 1 is 1.18 bits per heavy atom. The molecule has 0 amide bonds. The minimum absolute atomic E-state index is 0.0551. The summed E-state index contributed by atoms with van der Waals surface area (Å²) in [5.74, 6) is -0.163. The van der Waals surface area contributed by atoms with E-state index >= 15 is 0 Å². The Labute approximate surface area is 129 Å². The number of benzene rings is 1. The lowest BCUT2D eigenvalue weighted by Gasteiger charge is -2.24. The summed E-state index contributed by atoms with van der Waals surface area (Å²) in [7, 11) is 0. The summed E-state index contributed by atoms with van der Waals surface area (Å²) in [6.45, 7) is 5.30. The van der Waals surface area contributed by atoms with E-state index in [4.69, 9.17) is 26.7 Å². The predicted molar refractivity (Wildman–Crippen MR) is 84.9 cm³/mol. The molecule has 22 heavy (non-hydrogen) atoms. The van der Waals surface area contributed by atoms with Crippen molar-refractivity contribution in [1.82, 2.24) is 0 Å². The van der Waals surface area contributed by atoms with Crippen molar-refractivity contribution in [3.63, 3.8) is 0 Å². The molecule has 0 saturated carbocycles. The minimum atomic E-state index is -1.09. The van der Waals surface area contributed by atoms with E-state index in [0.717, 1.165) is 0 Å². The Morgan fingerprint density at radius 3 is 2.27 bits per heavy atom. The van der Waals surface area contributed by atoms with Gasteiger partial charge in [0.2, 0.25) is 5.96 Å². The number of carbonyl (C=O) groups excluding carboxylic acids is 1. The lowest BCUT2D eigenvalue weighted by atomic mass is 10.1. The van der Waals surface area contributed by atoms with Gasteiger partial charge in [-0.15, -0.1) is 0 Å². The average Bonchev–Trinajstić information content (AvgIpc) is 2.40. The van der Waals surface area contributed by atoms with Gasteiger partial charge >= 0.3 is 5.97 Å². The molecular formula is C14H21N5O3. The molecule has 120 valence electrons. The minimum Gasteiger partial charge on any atom is -0.476 e. The van der Waals surface area contributed by atoms with Crippen LogP contribution in [0.3, 0.4) is 0 Å². The molecule has 8 nitrogen and oxygen atoms in total.